The highest BCUT2D eigenvalue weighted by atomic mass is 16.5. The lowest BCUT2D eigenvalue weighted by Gasteiger charge is -2.37. The van der Waals surface area contributed by atoms with Gasteiger partial charge >= 0.3 is 5.97 Å². The van der Waals surface area contributed by atoms with Gasteiger partial charge in [-0.15, -0.1) is 0 Å². The lowest BCUT2D eigenvalue weighted by Crippen LogP contribution is -2.33. The monoisotopic (exact) mass is 348 g/mol. The van der Waals surface area contributed by atoms with Crippen LogP contribution in [-0.4, -0.2) is 12.1 Å². The largest absolute Gasteiger partial charge is 0.462 e. The Morgan fingerprint density at radius 1 is 0.840 bits per heavy atom. The predicted octanol–water partition coefficient (Wildman–Crippen LogP) is 6.52. The van der Waals surface area contributed by atoms with Crippen LogP contribution in [0.4, 0.5) is 0 Å². The smallest absolute Gasteiger partial charge is 0.309 e. The summed E-state index contributed by atoms with van der Waals surface area (Å²) in [4.78, 5) is 12.7. The molecule has 0 radical (unpaired) electrons. The van der Waals surface area contributed by atoms with Gasteiger partial charge in [-0.1, -0.05) is 46.0 Å². The first-order chi connectivity index (χ1) is 12.2. The molecule has 25 heavy (non-hydrogen) atoms. The highest BCUT2D eigenvalue weighted by Crippen LogP contribution is 2.41. The predicted molar refractivity (Wildman–Crippen MR) is 103 cm³/mol. The second-order valence-corrected chi connectivity index (χ2v) is 9.41. The molecule has 1 atom stereocenters. The van der Waals surface area contributed by atoms with Crippen LogP contribution in [0.25, 0.3) is 0 Å². The Labute approximate surface area is 155 Å². The standard InChI is InChI=1S/C23H40O2/c1-3-22(20-7-5-4-6-8-20)25-23(24)21-15-13-19(14-16-21)18-11-9-17(2)10-12-18/h17-22H,3-16H2,1-2H3. The summed E-state index contributed by atoms with van der Waals surface area (Å²) in [6, 6.07) is 0. The van der Waals surface area contributed by atoms with Crippen LogP contribution in [0.2, 0.25) is 0 Å². The molecular formula is C23H40O2. The van der Waals surface area contributed by atoms with Crippen LogP contribution in [0.1, 0.15) is 104 Å². The Bertz CT molecular complexity index is 396. The second kappa shape index (κ2) is 9.42. The fraction of sp³-hybridized carbons (Fsp3) is 0.957. The molecule has 2 nitrogen and oxygen atoms in total. The van der Waals surface area contributed by atoms with E-state index in [1.807, 2.05) is 0 Å². The molecule has 3 aliphatic rings. The maximum Gasteiger partial charge on any atom is 0.309 e. The number of ether oxygens (including phenoxy) is 1. The normalized spacial score (nSPS) is 35.9. The van der Waals surface area contributed by atoms with E-state index >= 15 is 0 Å². The molecule has 0 heterocycles. The first kappa shape index (κ1) is 19.2. The summed E-state index contributed by atoms with van der Waals surface area (Å²) in [5, 5.41) is 0. The van der Waals surface area contributed by atoms with E-state index in [1.54, 1.807) is 0 Å². The Hall–Kier alpha value is -0.530. The molecule has 2 heteroatoms. The molecule has 3 aliphatic carbocycles. The zero-order valence-corrected chi connectivity index (χ0v) is 16.7. The van der Waals surface area contributed by atoms with Crippen molar-refractivity contribution < 1.29 is 9.53 Å². The first-order valence-corrected chi connectivity index (χ1v) is 11.4. The van der Waals surface area contributed by atoms with E-state index in [9.17, 15) is 4.79 Å². The molecule has 3 fully saturated rings. The van der Waals surface area contributed by atoms with E-state index in [0.717, 1.165) is 37.0 Å². The third kappa shape index (κ3) is 5.23. The summed E-state index contributed by atoms with van der Waals surface area (Å²) in [5.74, 6) is 3.72. The van der Waals surface area contributed by atoms with Gasteiger partial charge in [-0.25, -0.2) is 0 Å². The van der Waals surface area contributed by atoms with Gasteiger partial charge in [0.2, 0.25) is 0 Å². The number of carbonyl (C=O) groups is 1. The summed E-state index contributed by atoms with van der Waals surface area (Å²) in [7, 11) is 0. The number of rotatable bonds is 5. The van der Waals surface area contributed by atoms with Crippen LogP contribution >= 0.6 is 0 Å². The van der Waals surface area contributed by atoms with Crippen LogP contribution in [0.5, 0.6) is 0 Å². The van der Waals surface area contributed by atoms with Gasteiger partial charge < -0.3 is 4.74 Å². The quantitative estimate of drug-likeness (QED) is 0.529. The fourth-order valence-corrected chi connectivity index (χ4v) is 5.85. The van der Waals surface area contributed by atoms with Crippen molar-refractivity contribution in [2.75, 3.05) is 0 Å². The topological polar surface area (TPSA) is 26.3 Å². The summed E-state index contributed by atoms with van der Waals surface area (Å²) in [6.07, 6.45) is 18.1. The summed E-state index contributed by atoms with van der Waals surface area (Å²) in [6.45, 7) is 4.59. The second-order valence-electron chi connectivity index (χ2n) is 9.41. The Balaban J connectivity index is 1.43. The minimum absolute atomic E-state index is 0.133. The van der Waals surface area contributed by atoms with Crippen molar-refractivity contribution in [2.24, 2.45) is 29.6 Å². The molecule has 0 aromatic heterocycles. The highest BCUT2D eigenvalue weighted by Gasteiger charge is 2.34. The summed E-state index contributed by atoms with van der Waals surface area (Å²) < 4.78 is 6.03. The summed E-state index contributed by atoms with van der Waals surface area (Å²) in [5.41, 5.74) is 0. The average molecular weight is 349 g/mol. The van der Waals surface area contributed by atoms with Crippen LogP contribution in [0, 0.1) is 29.6 Å². The maximum absolute atomic E-state index is 12.7. The minimum Gasteiger partial charge on any atom is -0.462 e. The van der Waals surface area contributed by atoms with Crippen LogP contribution in [0.3, 0.4) is 0 Å². The van der Waals surface area contributed by atoms with E-state index in [4.69, 9.17) is 4.74 Å². The van der Waals surface area contributed by atoms with E-state index in [-0.39, 0.29) is 18.0 Å². The lowest BCUT2D eigenvalue weighted by molar-refractivity contribution is -0.159. The van der Waals surface area contributed by atoms with Gasteiger partial charge in [0.1, 0.15) is 6.10 Å². The number of hydrogen-bond acceptors (Lipinski definition) is 2. The molecule has 0 spiro atoms. The molecule has 0 amide bonds. The summed E-state index contributed by atoms with van der Waals surface area (Å²) >= 11 is 0. The van der Waals surface area contributed by atoms with Crippen molar-refractivity contribution in [1.82, 2.24) is 0 Å². The van der Waals surface area contributed by atoms with E-state index in [1.165, 1.54) is 70.6 Å². The molecule has 0 aromatic rings. The molecule has 3 rings (SSSR count). The van der Waals surface area contributed by atoms with Crippen LogP contribution < -0.4 is 0 Å². The molecule has 0 N–H and O–H groups in total. The van der Waals surface area contributed by atoms with Gasteiger partial charge in [0.25, 0.3) is 0 Å². The van der Waals surface area contributed by atoms with E-state index < -0.39 is 0 Å². The molecule has 0 saturated heterocycles. The van der Waals surface area contributed by atoms with Crippen molar-refractivity contribution in [2.45, 2.75) is 110 Å². The average Bonchev–Trinajstić information content (AvgIpc) is 2.67. The highest BCUT2D eigenvalue weighted by molar-refractivity contribution is 5.72. The maximum atomic E-state index is 12.7. The van der Waals surface area contributed by atoms with Crippen molar-refractivity contribution >= 4 is 5.97 Å². The third-order valence-corrected chi connectivity index (χ3v) is 7.68. The zero-order valence-electron chi connectivity index (χ0n) is 16.7. The zero-order chi connectivity index (χ0) is 17.6. The number of hydrogen-bond donors (Lipinski definition) is 0. The minimum atomic E-state index is 0.133. The lowest BCUT2D eigenvalue weighted by atomic mass is 9.69. The molecule has 0 aromatic carbocycles. The van der Waals surface area contributed by atoms with Crippen molar-refractivity contribution in [1.29, 1.82) is 0 Å². The van der Waals surface area contributed by atoms with Gasteiger partial charge in [0, 0.05) is 0 Å². The van der Waals surface area contributed by atoms with E-state index in [0.29, 0.717) is 5.92 Å². The van der Waals surface area contributed by atoms with Gasteiger partial charge in [-0.05, 0) is 81.5 Å². The Morgan fingerprint density at radius 2 is 1.40 bits per heavy atom. The van der Waals surface area contributed by atoms with Crippen molar-refractivity contribution in [3.63, 3.8) is 0 Å². The molecule has 0 aliphatic heterocycles. The van der Waals surface area contributed by atoms with Gasteiger partial charge in [0.15, 0.2) is 0 Å². The molecular weight excluding hydrogens is 308 g/mol. The molecule has 144 valence electrons. The van der Waals surface area contributed by atoms with Gasteiger partial charge in [-0.3, -0.25) is 4.79 Å². The number of esters is 1. The van der Waals surface area contributed by atoms with E-state index in [2.05, 4.69) is 13.8 Å². The Morgan fingerprint density at radius 3 is 1.96 bits per heavy atom. The molecule has 0 bridgehead atoms. The SMILES string of the molecule is CCC(OC(=O)C1CCC(C2CCC(C)CC2)CC1)C1CCCCC1. The van der Waals surface area contributed by atoms with Crippen molar-refractivity contribution in [3.05, 3.63) is 0 Å². The third-order valence-electron chi connectivity index (χ3n) is 7.68. The van der Waals surface area contributed by atoms with Crippen LogP contribution in [0.15, 0.2) is 0 Å². The molecule has 3 saturated carbocycles. The molecule has 1 unspecified atom stereocenters. The Kier molecular flexibility index (Phi) is 7.25. The van der Waals surface area contributed by atoms with Crippen molar-refractivity contribution in [3.8, 4) is 0 Å². The van der Waals surface area contributed by atoms with Gasteiger partial charge in [-0.2, -0.15) is 0 Å². The van der Waals surface area contributed by atoms with Crippen LogP contribution in [-0.2, 0) is 9.53 Å². The first-order valence-electron chi connectivity index (χ1n) is 11.4. The van der Waals surface area contributed by atoms with Gasteiger partial charge in [0.05, 0.1) is 5.92 Å². The number of carbonyl (C=O) groups excluding carboxylic acids is 1. The fourth-order valence-electron chi connectivity index (χ4n) is 5.85.